The summed E-state index contributed by atoms with van der Waals surface area (Å²) in [7, 11) is 4.39. The highest BCUT2D eigenvalue weighted by molar-refractivity contribution is 5.92. The molecule has 0 aliphatic heterocycles. The molecule has 0 aliphatic rings. The van der Waals surface area contributed by atoms with Gasteiger partial charge in [-0.15, -0.1) is 10.2 Å². The van der Waals surface area contributed by atoms with Crippen molar-refractivity contribution in [2.45, 2.75) is 12.5 Å². The van der Waals surface area contributed by atoms with Crippen LogP contribution in [0.4, 0.5) is 0 Å². The van der Waals surface area contributed by atoms with E-state index in [-0.39, 0.29) is 18.0 Å². The molecule has 26 heavy (non-hydrogen) atoms. The molecule has 9 nitrogen and oxygen atoms in total. The molecule has 1 aromatic heterocycles. The van der Waals surface area contributed by atoms with Gasteiger partial charge in [-0.2, -0.15) is 0 Å². The van der Waals surface area contributed by atoms with Crippen molar-refractivity contribution in [3.8, 4) is 17.4 Å². The van der Waals surface area contributed by atoms with Gasteiger partial charge in [0.05, 0.1) is 33.8 Å². The first kappa shape index (κ1) is 19.0. The van der Waals surface area contributed by atoms with Gasteiger partial charge in [-0.1, -0.05) is 0 Å². The van der Waals surface area contributed by atoms with Gasteiger partial charge in [-0.3, -0.25) is 9.59 Å². The molecule has 138 valence electrons. The van der Waals surface area contributed by atoms with E-state index < -0.39 is 17.9 Å². The number of carboxylic acids is 1. The number of aliphatic carboxylic acids is 1. The summed E-state index contributed by atoms with van der Waals surface area (Å²) in [5.74, 6) is -0.428. The minimum absolute atomic E-state index is 0.0358. The fourth-order valence-electron chi connectivity index (χ4n) is 2.30. The zero-order chi connectivity index (χ0) is 19.1. The van der Waals surface area contributed by atoms with E-state index in [0.29, 0.717) is 17.1 Å². The van der Waals surface area contributed by atoms with Crippen LogP contribution in [0, 0.1) is 0 Å². The molecule has 0 saturated heterocycles. The number of carboxylic acid groups (broad SMARTS) is 1. The largest absolute Gasteiger partial charge is 0.497 e. The third kappa shape index (κ3) is 4.59. The maximum absolute atomic E-state index is 12.4. The van der Waals surface area contributed by atoms with Crippen LogP contribution in [0.15, 0.2) is 30.3 Å². The zero-order valence-electron chi connectivity index (χ0n) is 14.6. The number of hydrogen-bond donors (Lipinski definition) is 2. The summed E-state index contributed by atoms with van der Waals surface area (Å²) in [6.45, 7) is 0. The topological polar surface area (TPSA) is 120 Å². The normalized spacial score (nSPS) is 11.3. The molecule has 0 spiro atoms. The molecule has 0 fully saturated rings. The molecule has 2 aromatic rings. The number of hydrogen-bond acceptors (Lipinski definition) is 7. The van der Waals surface area contributed by atoms with E-state index in [9.17, 15) is 14.7 Å². The Morgan fingerprint density at radius 2 is 1.85 bits per heavy atom. The van der Waals surface area contributed by atoms with Crippen LogP contribution in [0.2, 0.25) is 0 Å². The number of methoxy groups -OCH3 is 3. The Bertz CT molecular complexity index is 779. The number of carbonyl (C=O) groups is 2. The van der Waals surface area contributed by atoms with Crippen molar-refractivity contribution in [1.29, 1.82) is 0 Å². The SMILES string of the molecule is COc1ccc(C(CC(=O)O)NC(=O)c2ccc(OC)nn2)c(OC)c1. The predicted octanol–water partition coefficient (Wildman–Crippen LogP) is 1.45. The van der Waals surface area contributed by atoms with Crippen LogP contribution in [0.1, 0.15) is 28.5 Å². The molecule has 1 atom stereocenters. The summed E-state index contributed by atoms with van der Waals surface area (Å²) in [6, 6.07) is 7.01. The summed E-state index contributed by atoms with van der Waals surface area (Å²) in [5, 5.41) is 19.3. The summed E-state index contributed by atoms with van der Waals surface area (Å²) < 4.78 is 15.3. The monoisotopic (exact) mass is 361 g/mol. The molecule has 0 radical (unpaired) electrons. The predicted molar refractivity (Wildman–Crippen MR) is 90.6 cm³/mol. The van der Waals surface area contributed by atoms with Crippen molar-refractivity contribution in [3.05, 3.63) is 41.6 Å². The number of carbonyl (C=O) groups excluding carboxylic acids is 1. The van der Waals surface area contributed by atoms with E-state index in [1.54, 1.807) is 18.2 Å². The van der Waals surface area contributed by atoms with Gasteiger partial charge in [0.25, 0.3) is 5.91 Å². The number of nitrogens with one attached hydrogen (secondary N) is 1. The number of ether oxygens (including phenoxy) is 3. The molecule has 1 aromatic carbocycles. The number of benzene rings is 1. The average Bonchev–Trinajstić information content (AvgIpc) is 2.66. The quantitative estimate of drug-likeness (QED) is 0.725. The average molecular weight is 361 g/mol. The maximum atomic E-state index is 12.4. The van der Waals surface area contributed by atoms with Gasteiger partial charge < -0.3 is 24.6 Å². The highest BCUT2D eigenvalue weighted by atomic mass is 16.5. The highest BCUT2D eigenvalue weighted by Gasteiger charge is 2.23. The lowest BCUT2D eigenvalue weighted by Crippen LogP contribution is -2.31. The Labute approximate surface area is 149 Å². The Hall–Kier alpha value is -3.36. The van der Waals surface area contributed by atoms with Crippen molar-refractivity contribution in [1.82, 2.24) is 15.5 Å². The molecule has 2 N–H and O–H groups in total. The van der Waals surface area contributed by atoms with Gasteiger partial charge in [-0.25, -0.2) is 0 Å². The molecule has 1 heterocycles. The molecule has 0 aliphatic carbocycles. The molecular formula is C17H19N3O6. The molecular weight excluding hydrogens is 342 g/mol. The van der Waals surface area contributed by atoms with Crippen molar-refractivity contribution < 1.29 is 28.9 Å². The van der Waals surface area contributed by atoms with E-state index in [0.717, 1.165) is 0 Å². The molecule has 1 amide bonds. The van der Waals surface area contributed by atoms with Gasteiger partial charge in [-0.05, 0) is 18.2 Å². The molecule has 9 heteroatoms. The third-order valence-electron chi connectivity index (χ3n) is 3.58. The lowest BCUT2D eigenvalue weighted by molar-refractivity contribution is -0.137. The van der Waals surface area contributed by atoms with Crippen molar-refractivity contribution in [2.75, 3.05) is 21.3 Å². The zero-order valence-corrected chi connectivity index (χ0v) is 14.6. The lowest BCUT2D eigenvalue weighted by Gasteiger charge is -2.20. The Balaban J connectivity index is 2.29. The van der Waals surface area contributed by atoms with Crippen LogP contribution in [-0.2, 0) is 4.79 Å². The van der Waals surface area contributed by atoms with E-state index in [1.807, 2.05) is 0 Å². The number of amides is 1. The molecule has 0 bridgehead atoms. The smallest absolute Gasteiger partial charge is 0.305 e. The van der Waals surface area contributed by atoms with Crippen LogP contribution in [-0.4, -0.2) is 48.5 Å². The molecule has 2 rings (SSSR count). The minimum atomic E-state index is -1.08. The Kier molecular flexibility index (Phi) is 6.31. The second kappa shape index (κ2) is 8.65. The van der Waals surface area contributed by atoms with Gasteiger partial charge >= 0.3 is 5.97 Å². The van der Waals surface area contributed by atoms with E-state index in [1.165, 1.54) is 33.5 Å². The second-order valence-corrected chi connectivity index (χ2v) is 5.19. The van der Waals surface area contributed by atoms with Crippen LogP contribution in [0.25, 0.3) is 0 Å². The minimum Gasteiger partial charge on any atom is -0.497 e. The highest BCUT2D eigenvalue weighted by Crippen LogP contribution is 2.31. The number of aromatic nitrogens is 2. The van der Waals surface area contributed by atoms with Gasteiger partial charge in [0, 0.05) is 17.7 Å². The second-order valence-electron chi connectivity index (χ2n) is 5.19. The fraction of sp³-hybridized carbons (Fsp3) is 0.294. The van der Waals surface area contributed by atoms with Crippen LogP contribution < -0.4 is 19.5 Å². The fourth-order valence-corrected chi connectivity index (χ4v) is 2.30. The summed E-state index contributed by atoms with van der Waals surface area (Å²) in [5.41, 5.74) is 0.541. The van der Waals surface area contributed by atoms with E-state index >= 15 is 0 Å². The number of rotatable bonds is 8. The Morgan fingerprint density at radius 3 is 2.38 bits per heavy atom. The first-order chi connectivity index (χ1) is 12.5. The van der Waals surface area contributed by atoms with E-state index in [4.69, 9.17) is 14.2 Å². The van der Waals surface area contributed by atoms with Crippen LogP contribution >= 0.6 is 0 Å². The number of nitrogens with zero attached hydrogens (tertiary/aromatic N) is 2. The van der Waals surface area contributed by atoms with Gasteiger partial charge in [0.15, 0.2) is 5.69 Å². The summed E-state index contributed by atoms with van der Waals surface area (Å²) in [6.07, 6.45) is -0.335. The standard InChI is InChI=1S/C17H19N3O6/c1-24-10-4-5-11(14(8-10)25-2)13(9-16(21)22)18-17(23)12-6-7-15(26-3)20-19-12/h4-8,13H,9H2,1-3H3,(H,18,23)(H,21,22). The first-order valence-corrected chi connectivity index (χ1v) is 7.60. The molecule has 0 saturated carbocycles. The van der Waals surface area contributed by atoms with Crippen molar-refractivity contribution >= 4 is 11.9 Å². The summed E-state index contributed by atoms with van der Waals surface area (Å²) >= 11 is 0. The third-order valence-corrected chi connectivity index (χ3v) is 3.58. The van der Waals surface area contributed by atoms with Crippen molar-refractivity contribution in [3.63, 3.8) is 0 Å². The van der Waals surface area contributed by atoms with Gasteiger partial charge in [0.2, 0.25) is 5.88 Å². The molecule has 1 unspecified atom stereocenters. The maximum Gasteiger partial charge on any atom is 0.305 e. The lowest BCUT2D eigenvalue weighted by atomic mass is 10.0. The summed E-state index contributed by atoms with van der Waals surface area (Å²) in [4.78, 5) is 23.7. The first-order valence-electron chi connectivity index (χ1n) is 7.60. The van der Waals surface area contributed by atoms with Crippen LogP contribution in [0.5, 0.6) is 17.4 Å². The van der Waals surface area contributed by atoms with E-state index in [2.05, 4.69) is 15.5 Å². The van der Waals surface area contributed by atoms with Crippen LogP contribution in [0.3, 0.4) is 0 Å². The van der Waals surface area contributed by atoms with Gasteiger partial charge in [0.1, 0.15) is 11.5 Å². The van der Waals surface area contributed by atoms with Crippen molar-refractivity contribution in [2.24, 2.45) is 0 Å². The Morgan fingerprint density at radius 1 is 1.08 bits per heavy atom.